The summed E-state index contributed by atoms with van der Waals surface area (Å²) in [6.07, 6.45) is 2.56. The first-order valence-electron chi connectivity index (χ1n) is 11.6. The zero-order valence-corrected chi connectivity index (χ0v) is 21.0. The van der Waals surface area contributed by atoms with Crippen LogP contribution >= 0.6 is 0 Å². The van der Waals surface area contributed by atoms with Crippen LogP contribution in [0.1, 0.15) is 37.3 Å². The second-order valence-corrected chi connectivity index (χ2v) is 10.5. The number of piperidine rings is 1. The van der Waals surface area contributed by atoms with Crippen LogP contribution in [-0.4, -0.2) is 53.1 Å². The SMILES string of the molecule is COc1ccc(S(=O)(=O)NCCC(=O)NCc2ccc(CN3CCC(C)CC3)cc2)cc1OC. The van der Waals surface area contributed by atoms with E-state index < -0.39 is 10.0 Å². The summed E-state index contributed by atoms with van der Waals surface area (Å²) >= 11 is 0. The topological polar surface area (TPSA) is 97.0 Å². The standard InChI is InChI=1S/C25H35N3O5S/c1-19-11-14-28(15-12-19)18-21-6-4-20(5-7-21)17-26-25(29)10-13-27-34(30,31)22-8-9-23(32-2)24(16-22)33-3/h4-9,16,19,27H,10-15,17-18H2,1-3H3,(H,26,29). The lowest BCUT2D eigenvalue weighted by Gasteiger charge is -2.30. The predicted octanol–water partition coefficient (Wildman–Crippen LogP) is 2.92. The molecule has 34 heavy (non-hydrogen) atoms. The van der Waals surface area contributed by atoms with E-state index in [9.17, 15) is 13.2 Å². The highest BCUT2D eigenvalue weighted by molar-refractivity contribution is 7.89. The molecule has 9 heteroatoms. The van der Waals surface area contributed by atoms with Crippen LogP contribution in [0, 0.1) is 5.92 Å². The molecule has 0 aliphatic carbocycles. The molecule has 1 saturated heterocycles. The fourth-order valence-corrected chi connectivity index (χ4v) is 4.94. The zero-order valence-electron chi connectivity index (χ0n) is 20.2. The minimum atomic E-state index is -3.77. The number of hydrogen-bond acceptors (Lipinski definition) is 6. The Labute approximate surface area is 202 Å². The first-order chi connectivity index (χ1) is 16.3. The van der Waals surface area contributed by atoms with Crippen molar-refractivity contribution in [3.8, 4) is 11.5 Å². The first-order valence-corrected chi connectivity index (χ1v) is 13.1. The maximum Gasteiger partial charge on any atom is 0.240 e. The molecule has 0 spiro atoms. The molecule has 1 fully saturated rings. The van der Waals surface area contributed by atoms with Crippen LogP contribution in [0.4, 0.5) is 0 Å². The molecule has 186 valence electrons. The minimum absolute atomic E-state index is 0.00407. The smallest absolute Gasteiger partial charge is 0.240 e. The summed E-state index contributed by atoms with van der Waals surface area (Å²) in [7, 11) is -0.852. The van der Waals surface area contributed by atoms with Gasteiger partial charge in [-0.25, -0.2) is 13.1 Å². The molecule has 0 bridgehead atoms. The monoisotopic (exact) mass is 489 g/mol. The highest BCUT2D eigenvalue weighted by atomic mass is 32.2. The summed E-state index contributed by atoms with van der Waals surface area (Å²) in [4.78, 5) is 14.7. The summed E-state index contributed by atoms with van der Waals surface area (Å²) in [5.41, 5.74) is 2.28. The van der Waals surface area contributed by atoms with E-state index in [2.05, 4.69) is 34.0 Å². The van der Waals surface area contributed by atoms with Gasteiger partial charge in [0.1, 0.15) is 0 Å². The number of likely N-dealkylation sites (tertiary alicyclic amines) is 1. The molecule has 8 nitrogen and oxygen atoms in total. The van der Waals surface area contributed by atoms with Gasteiger partial charge in [-0.05, 0) is 55.1 Å². The van der Waals surface area contributed by atoms with E-state index in [1.165, 1.54) is 50.8 Å². The van der Waals surface area contributed by atoms with Crippen LogP contribution < -0.4 is 19.5 Å². The number of sulfonamides is 1. The van der Waals surface area contributed by atoms with Gasteiger partial charge in [0.2, 0.25) is 15.9 Å². The molecule has 1 aliphatic rings. The highest BCUT2D eigenvalue weighted by Crippen LogP contribution is 2.29. The molecule has 1 amide bonds. The normalized spacial score (nSPS) is 15.1. The lowest BCUT2D eigenvalue weighted by atomic mass is 9.99. The molecule has 1 heterocycles. The number of carbonyl (C=O) groups excluding carboxylic acids is 1. The Morgan fingerprint density at radius 3 is 2.29 bits per heavy atom. The number of nitrogens with one attached hydrogen (secondary N) is 2. The highest BCUT2D eigenvalue weighted by Gasteiger charge is 2.18. The molecular formula is C25H35N3O5S. The van der Waals surface area contributed by atoms with Gasteiger partial charge in [-0.1, -0.05) is 31.2 Å². The van der Waals surface area contributed by atoms with E-state index in [1.807, 2.05) is 12.1 Å². The number of nitrogens with zero attached hydrogens (tertiary/aromatic N) is 1. The van der Waals surface area contributed by atoms with Gasteiger partial charge in [0.05, 0.1) is 19.1 Å². The molecule has 0 unspecified atom stereocenters. The van der Waals surface area contributed by atoms with Crippen LogP contribution in [0.3, 0.4) is 0 Å². The number of amides is 1. The molecule has 1 aliphatic heterocycles. The van der Waals surface area contributed by atoms with E-state index in [4.69, 9.17) is 9.47 Å². The molecular weight excluding hydrogens is 454 g/mol. The summed E-state index contributed by atoms with van der Waals surface area (Å²) in [6, 6.07) is 12.6. The van der Waals surface area contributed by atoms with Crippen molar-refractivity contribution in [2.75, 3.05) is 33.9 Å². The van der Waals surface area contributed by atoms with Crippen molar-refractivity contribution >= 4 is 15.9 Å². The van der Waals surface area contributed by atoms with E-state index >= 15 is 0 Å². The Kier molecular flexibility index (Phi) is 9.32. The second kappa shape index (κ2) is 12.2. The van der Waals surface area contributed by atoms with Gasteiger partial charge < -0.3 is 14.8 Å². The Morgan fingerprint density at radius 2 is 1.65 bits per heavy atom. The van der Waals surface area contributed by atoms with E-state index in [0.29, 0.717) is 18.0 Å². The van der Waals surface area contributed by atoms with Crippen molar-refractivity contribution in [1.82, 2.24) is 14.9 Å². The third kappa shape index (κ3) is 7.44. The molecule has 2 aromatic rings. The van der Waals surface area contributed by atoms with Crippen LogP contribution in [0.25, 0.3) is 0 Å². The third-order valence-corrected chi connectivity index (χ3v) is 7.56. The number of ether oxygens (including phenoxy) is 2. The largest absolute Gasteiger partial charge is 0.493 e. The lowest BCUT2D eigenvalue weighted by Crippen LogP contribution is -2.32. The number of rotatable bonds is 11. The van der Waals surface area contributed by atoms with Crippen molar-refractivity contribution in [1.29, 1.82) is 0 Å². The molecule has 2 aromatic carbocycles. The Hall–Kier alpha value is -2.62. The van der Waals surface area contributed by atoms with Crippen molar-refractivity contribution in [3.63, 3.8) is 0 Å². The Morgan fingerprint density at radius 1 is 1.00 bits per heavy atom. The summed E-state index contributed by atoms with van der Waals surface area (Å²) in [5, 5.41) is 2.84. The number of methoxy groups -OCH3 is 2. The van der Waals surface area contributed by atoms with Crippen molar-refractivity contribution < 1.29 is 22.7 Å². The van der Waals surface area contributed by atoms with E-state index in [-0.39, 0.29) is 23.8 Å². The molecule has 3 rings (SSSR count). The maximum atomic E-state index is 12.5. The molecule has 0 radical (unpaired) electrons. The van der Waals surface area contributed by atoms with Gasteiger partial charge in [-0.15, -0.1) is 0 Å². The number of carbonyl (C=O) groups is 1. The van der Waals surface area contributed by atoms with Crippen LogP contribution in [-0.2, 0) is 27.9 Å². The van der Waals surface area contributed by atoms with Gasteiger partial charge >= 0.3 is 0 Å². The molecule has 0 aromatic heterocycles. The summed E-state index contributed by atoms with van der Waals surface area (Å²) in [5.74, 6) is 1.36. The fourth-order valence-electron chi connectivity index (χ4n) is 3.90. The molecule has 0 atom stereocenters. The average Bonchev–Trinajstić information content (AvgIpc) is 2.84. The van der Waals surface area contributed by atoms with Crippen molar-refractivity contribution in [2.24, 2.45) is 5.92 Å². The van der Waals surface area contributed by atoms with Crippen molar-refractivity contribution in [3.05, 3.63) is 53.6 Å². The van der Waals surface area contributed by atoms with Gasteiger partial charge in [0.15, 0.2) is 11.5 Å². The second-order valence-electron chi connectivity index (χ2n) is 8.72. The lowest BCUT2D eigenvalue weighted by molar-refractivity contribution is -0.121. The first kappa shape index (κ1) is 26.0. The number of benzene rings is 2. The summed E-state index contributed by atoms with van der Waals surface area (Å²) in [6.45, 7) is 5.97. The summed E-state index contributed by atoms with van der Waals surface area (Å²) < 4.78 is 37.8. The van der Waals surface area contributed by atoms with E-state index in [0.717, 1.165) is 31.1 Å². The number of hydrogen-bond donors (Lipinski definition) is 2. The van der Waals surface area contributed by atoms with E-state index in [1.54, 1.807) is 0 Å². The Balaban J connectivity index is 1.41. The zero-order chi connectivity index (χ0) is 24.6. The fraction of sp³-hybridized carbons (Fsp3) is 0.480. The predicted molar refractivity (Wildman–Crippen MR) is 131 cm³/mol. The van der Waals surface area contributed by atoms with Crippen LogP contribution in [0.15, 0.2) is 47.4 Å². The average molecular weight is 490 g/mol. The quantitative estimate of drug-likeness (QED) is 0.504. The van der Waals surface area contributed by atoms with Crippen molar-refractivity contribution in [2.45, 2.75) is 44.2 Å². The van der Waals surface area contributed by atoms with Gasteiger partial charge in [-0.3, -0.25) is 9.69 Å². The van der Waals surface area contributed by atoms with Crippen LogP contribution in [0.5, 0.6) is 11.5 Å². The van der Waals surface area contributed by atoms with Gasteiger partial charge in [0, 0.05) is 32.1 Å². The van der Waals surface area contributed by atoms with Gasteiger partial charge in [-0.2, -0.15) is 0 Å². The molecule has 2 N–H and O–H groups in total. The van der Waals surface area contributed by atoms with Gasteiger partial charge in [0.25, 0.3) is 0 Å². The minimum Gasteiger partial charge on any atom is -0.493 e. The molecule has 0 saturated carbocycles. The Bertz CT molecular complexity index is 1050. The van der Waals surface area contributed by atoms with Crippen LogP contribution in [0.2, 0.25) is 0 Å². The third-order valence-electron chi connectivity index (χ3n) is 6.10. The maximum absolute atomic E-state index is 12.5.